The number of halogens is 4. The van der Waals surface area contributed by atoms with Gasteiger partial charge >= 0.3 is 11.9 Å². The van der Waals surface area contributed by atoms with Gasteiger partial charge in [0.25, 0.3) is 0 Å². The van der Waals surface area contributed by atoms with Gasteiger partial charge in [0, 0.05) is 26.2 Å². The highest BCUT2D eigenvalue weighted by atomic mass is 35.5. The van der Waals surface area contributed by atoms with Crippen LogP contribution in [-0.4, -0.2) is 58.0 Å². The summed E-state index contributed by atoms with van der Waals surface area (Å²) in [5.41, 5.74) is 1.28. The summed E-state index contributed by atoms with van der Waals surface area (Å²) >= 11 is 5.97. The van der Waals surface area contributed by atoms with E-state index in [9.17, 15) is 23.3 Å². The Kier molecular flexibility index (Phi) is 6.05. The predicted octanol–water partition coefficient (Wildman–Crippen LogP) is 3.37. The van der Waals surface area contributed by atoms with E-state index in [-0.39, 0.29) is 22.3 Å². The van der Waals surface area contributed by atoms with Gasteiger partial charge in [-0.2, -0.15) is 13.2 Å². The highest BCUT2D eigenvalue weighted by Gasteiger charge is 2.32. The molecule has 0 bridgehead atoms. The molecule has 29 heavy (non-hydrogen) atoms. The van der Waals surface area contributed by atoms with Crippen LogP contribution in [0, 0.1) is 10.1 Å². The van der Waals surface area contributed by atoms with Crippen molar-refractivity contribution in [1.82, 2.24) is 19.9 Å². The number of likely N-dealkylation sites (N-methyl/N-ethyl adjacent to an activating group) is 1. The van der Waals surface area contributed by atoms with Gasteiger partial charge in [0.15, 0.2) is 0 Å². The highest BCUT2D eigenvalue weighted by Crippen LogP contribution is 2.37. The van der Waals surface area contributed by atoms with Crippen LogP contribution in [0.25, 0.3) is 0 Å². The standard InChI is InChI=1S/C16H17ClF3N7O2/c1-25-4-6-26(7-5-25)24-15-13(27(28)29)14(21-9-22-15)23-12-8-10(16(18,19)20)2-3-11(12)17/h2-3,8-9H,4-7H2,1H3,(H2,21,22,23,24). The van der Waals surface area contributed by atoms with Crippen molar-refractivity contribution in [2.24, 2.45) is 0 Å². The number of nitrogens with zero attached hydrogens (tertiary/aromatic N) is 5. The zero-order valence-electron chi connectivity index (χ0n) is 15.2. The minimum absolute atomic E-state index is 0.0421. The summed E-state index contributed by atoms with van der Waals surface area (Å²) in [6.07, 6.45) is -3.51. The number of nitrogens with one attached hydrogen (secondary N) is 2. The molecule has 1 aromatic heterocycles. The number of piperazine rings is 1. The Hall–Kier alpha value is -2.70. The first-order chi connectivity index (χ1) is 13.6. The van der Waals surface area contributed by atoms with Crippen LogP contribution in [0.4, 0.5) is 36.2 Å². The second-order valence-electron chi connectivity index (χ2n) is 6.40. The summed E-state index contributed by atoms with van der Waals surface area (Å²) in [5, 5.41) is 15.9. The van der Waals surface area contributed by atoms with Gasteiger partial charge in [-0.1, -0.05) is 11.6 Å². The fourth-order valence-corrected chi connectivity index (χ4v) is 2.88. The summed E-state index contributed by atoms with van der Waals surface area (Å²) < 4.78 is 38.9. The van der Waals surface area contributed by atoms with Crippen molar-refractivity contribution in [3.05, 3.63) is 45.2 Å². The number of rotatable bonds is 5. The Morgan fingerprint density at radius 1 is 1.17 bits per heavy atom. The molecule has 0 spiro atoms. The topological polar surface area (TPSA) is 99.5 Å². The second kappa shape index (κ2) is 8.35. The molecule has 1 fully saturated rings. The Bertz CT molecular complexity index is 905. The van der Waals surface area contributed by atoms with Gasteiger partial charge in [-0.25, -0.2) is 15.0 Å². The van der Waals surface area contributed by atoms with Crippen LogP contribution >= 0.6 is 11.6 Å². The molecule has 1 aliphatic heterocycles. The number of alkyl halides is 3. The maximum absolute atomic E-state index is 13.0. The van der Waals surface area contributed by atoms with Crippen LogP contribution in [0.2, 0.25) is 5.02 Å². The zero-order valence-corrected chi connectivity index (χ0v) is 16.0. The zero-order chi connectivity index (χ0) is 21.2. The lowest BCUT2D eigenvalue weighted by Crippen LogP contribution is -2.47. The quantitative estimate of drug-likeness (QED) is 0.549. The molecule has 0 unspecified atom stereocenters. The lowest BCUT2D eigenvalue weighted by molar-refractivity contribution is -0.383. The van der Waals surface area contributed by atoms with E-state index < -0.39 is 22.4 Å². The van der Waals surface area contributed by atoms with Crippen molar-refractivity contribution in [1.29, 1.82) is 0 Å². The summed E-state index contributed by atoms with van der Waals surface area (Å²) in [6, 6.07) is 2.65. The van der Waals surface area contributed by atoms with Crippen LogP contribution in [0.3, 0.4) is 0 Å². The van der Waals surface area contributed by atoms with Gasteiger partial charge in [-0.3, -0.25) is 15.5 Å². The Labute approximate surface area is 168 Å². The number of hydrogen-bond acceptors (Lipinski definition) is 8. The molecule has 0 radical (unpaired) electrons. The third-order valence-electron chi connectivity index (χ3n) is 4.32. The summed E-state index contributed by atoms with van der Waals surface area (Å²) in [4.78, 5) is 20.8. The van der Waals surface area contributed by atoms with Crippen LogP contribution in [-0.2, 0) is 6.18 Å². The van der Waals surface area contributed by atoms with E-state index in [0.717, 1.165) is 37.6 Å². The third-order valence-corrected chi connectivity index (χ3v) is 4.65. The maximum atomic E-state index is 13.0. The molecule has 1 aliphatic rings. The Morgan fingerprint density at radius 2 is 1.83 bits per heavy atom. The monoisotopic (exact) mass is 431 g/mol. The second-order valence-corrected chi connectivity index (χ2v) is 6.80. The van der Waals surface area contributed by atoms with E-state index in [1.807, 2.05) is 7.05 Å². The minimum atomic E-state index is -4.59. The molecule has 0 aliphatic carbocycles. The fraction of sp³-hybridized carbons (Fsp3) is 0.375. The van der Waals surface area contributed by atoms with Gasteiger partial charge in [-0.05, 0) is 25.2 Å². The Balaban J connectivity index is 1.91. The number of hydrazine groups is 1. The van der Waals surface area contributed by atoms with Crippen LogP contribution in [0.1, 0.15) is 5.56 Å². The maximum Gasteiger partial charge on any atom is 0.416 e. The predicted molar refractivity (Wildman–Crippen MR) is 101 cm³/mol. The van der Waals surface area contributed by atoms with Crippen LogP contribution in [0.5, 0.6) is 0 Å². The molecule has 9 nitrogen and oxygen atoms in total. The number of hydrogen-bond donors (Lipinski definition) is 2. The first-order valence-corrected chi connectivity index (χ1v) is 8.86. The SMILES string of the molecule is CN1CCN(Nc2ncnc(Nc3cc(C(F)(F)F)ccc3Cl)c2[N+](=O)[O-])CC1. The minimum Gasteiger partial charge on any atom is -0.333 e. The largest absolute Gasteiger partial charge is 0.416 e. The average molecular weight is 432 g/mol. The first-order valence-electron chi connectivity index (χ1n) is 8.48. The fourth-order valence-electron chi connectivity index (χ4n) is 2.72. The van der Waals surface area contributed by atoms with Crippen molar-refractivity contribution >= 4 is 34.6 Å². The van der Waals surface area contributed by atoms with Gasteiger partial charge in [0.2, 0.25) is 11.6 Å². The molecule has 3 rings (SSSR count). The van der Waals surface area contributed by atoms with E-state index >= 15 is 0 Å². The molecule has 156 valence electrons. The van der Waals surface area contributed by atoms with Gasteiger partial charge < -0.3 is 10.2 Å². The summed E-state index contributed by atoms with van der Waals surface area (Å²) in [5.74, 6) is -0.344. The highest BCUT2D eigenvalue weighted by molar-refractivity contribution is 6.33. The van der Waals surface area contributed by atoms with Crippen LogP contribution in [0.15, 0.2) is 24.5 Å². The summed E-state index contributed by atoms with van der Waals surface area (Å²) in [6.45, 7) is 2.74. The lowest BCUT2D eigenvalue weighted by Gasteiger charge is -2.32. The van der Waals surface area contributed by atoms with E-state index in [2.05, 4.69) is 25.6 Å². The number of benzene rings is 1. The van der Waals surface area contributed by atoms with E-state index in [1.165, 1.54) is 0 Å². The van der Waals surface area contributed by atoms with E-state index in [4.69, 9.17) is 11.6 Å². The number of nitro groups is 1. The molecule has 1 saturated heterocycles. The van der Waals surface area contributed by atoms with Crippen molar-refractivity contribution in [3.63, 3.8) is 0 Å². The Morgan fingerprint density at radius 3 is 2.45 bits per heavy atom. The molecule has 2 heterocycles. The van der Waals surface area contributed by atoms with Gasteiger partial charge in [0.05, 0.1) is 21.2 Å². The molecular formula is C16H17ClF3N7O2. The molecule has 2 N–H and O–H groups in total. The van der Waals surface area contributed by atoms with Crippen molar-refractivity contribution < 1.29 is 18.1 Å². The van der Waals surface area contributed by atoms with Crippen molar-refractivity contribution in [2.45, 2.75) is 6.18 Å². The summed E-state index contributed by atoms with van der Waals surface area (Å²) in [7, 11) is 1.96. The smallest absolute Gasteiger partial charge is 0.333 e. The van der Waals surface area contributed by atoms with Gasteiger partial charge in [-0.15, -0.1) is 0 Å². The lowest BCUT2D eigenvalue weighted by atomic mass is 10.2. The molecule has 0 saturated carbocycles. The molecular weight excluding hydrogens is 415 g/mol. The molecule has 0 amide bonds. The van der Waals surface area contributed by atoms with Gasteiger partial charge in [0.1, 0.15) is 6.33 Å². The normalized spacial score (nSPS) is 15.9. The van der Waals surface area contributed by atoms with Crippen molar-refractivity contribution in [3.8, 4) is 0 Å². The molecule has 2 aromatic rings. The third kappa shape index (κ3) is 5.02. The molecule has 1 aromatic carbocycles. The molecule has 13 heteroatoms. The van der Waals surface area contributed by atoms with Crippen molar-refractivity contribution in [2.75, 3.05) is 44.0 Å². The first kappa shape index (κ1) is 21.0. The van der Waals surface area contributed by atoms with E-state index in [1.54, 1.807) is 5.01 Å². The molecule has 0 atom stereocenters. The average Bonchev–Trinajstić information content (AvgIpc) is 2.64. The number of aromatic nitrogens is 2. The number of anilines is 3. The van der Waals surface area contributed by atoms with E-state index in [0.29, 0.717) is 13.1 Å². The van der Waals surface area contributed by atoms with Crippen LogP contribution < -0.4 is 10.7 Å².